The Balaban J connectivity index is 1.99. The van der Waals surface area contributed by atoms with Gasteiger partial charge in [-0.05, 0) is 24.3 Å². The fourth-order valence-electron chi connectivity index (χ4n) is 2.34. The van der Waals surface area contributed by atoms with E-state index < -0.39 is 6.03 Å². The smallest absolute Gasteiger partial charge is 0.320 e. The van der Waals surface area contributed by atoms with E-state index in [0.29, 0.717) is 28.3 Å². The summed E-state index contributed by atoms with van der Waals surface area (Å²) in [4.78, 5) is 23.9. The van der Waals surface area contributed by atoms with E-state index in [1.165, 1.54) is 14.2 Å². The zero-order valence-corrected chi connectivity index (χ0v) is 15.4. The number of para-hydroxylation sites is 1. The SMILES string of the molecule is CNC(=O)c1ccccc1C#CCNC(=O)Nc1cccc(OC)c1OC. The van der Waals surface area contributed by atoms with E-state index in [2.05, 4.69) is 27.8 Å². The molecule has 0 aromatic heterocycles. The number of methoxy groups -OCH3 is 2. The van der Waals surface area contributed by atoms with Crippen molar-refractivity contribution in [2.45, 2.75) is 0 Å². The number of anilines is 1. The Morgan fingerprint density at radius 2 is 1.81 bits per heavy atom. The van der Waals surface area contributed by atoms with Crippen LogP contribution in [0.5, 0.6) is 11.5 Å². The molecule has 0 atom stereocenters. The third-order valence-corrected chi connectivity index (χ3v) is 3.61. The van der Waals surface area contributed by atoms with Gasteiger partial charge in [-0.3, -0.25) is 4.79 Å². The van der Waals surface area contributed by atoms with E-state index in [-0.39, 0.29) is 12.5 Å². The van der Waals surface area contributed by atoms with Gasteiger partial charge in [0.15, 0.2) is 11.5 Å². The summed E-state index contributed by atoms with van der Waals surface area (Å²) in [6.07, 6.45) is 0. The molecule has 3 N–H and O–H groups in total. The van der Waals surface area contributed by atoms with Gasteiger partial charge in [0.25, 0.3) is 5.91 Å². The van der Waals surface area contributed by atoms with Gasteiger partial charge >= 0.3 is 6.03 Å². The first-order chi connectivity index (χ1) is 13.1. The third-order valence-electron chi connectivity index (χ3n) is 3.61. The molecule has 2 aromatic rings. The Kier molecular flexibility index (Phi) is 7.08. The molecule has 0 saturated carbocycles. The van der Waals surface area contributed by atoms with E-state index in [4.69, 9.17) is 9.47 Å². The summed E-state index contributed by atoms with van der Waals surface area (Å²) >= 11 is 0. The number of carbonyl (C=O) groups excluding carboxylic acids is 2. The molecule has 0 fully saturated rings. The molecule has 3 amide bonds. The Bertz CT molecular complexity index is 884. The Morgan fingerprint density at radius 3 is 2.52 bits per heavy atom. The minimum absolute atomic E-state index is 0.111. The van der Waals surface area contributed by atoms with Crippen molar-refractivity contribution >= 4 is 17.6 Å². The highest BCUT2D eigenvalue weighted by Gasteiger charge is 2.11. The molecule has 7 nitrogen and oxygen atoms in total. The highest BCUT2D eigenvalue weighted by molar-refractivity contribution is 5.96. The van der Waals surface area contributed by atoms with E-state index in [1.54, 1.807) is 49.5 Å². The van der Waals surface area contributed by atoms with Crippen LogP contribution in [0, 0.1) is 11.8 Å². The summed E-state index contributed by atoms with van der Waals surface area (Å²) in [6.45, 7) is 0.111. The Morgan fingerprint density at radius 1 is 1.04 bits per heavy atom. The van der Waals surface area contributed by atoms with Gasteiger partial charge in [-0.2, -0.15) is 0 Å². The van der Waals surface area contributed by atoms with Gasteiger partial charge in [-0.25, -0.2) is 4.79 Å². The van der Waals surface area contributed by atoms with Crippen LogP contribution in [0.1, 0.15) is 15.9 Å². The summed E-state index contributed by atoms with van der Waals surface area (Å²) in [5.41, 5.74) is 1.55. The van der Waals surface area contributed by atoms with Crippen LogP contribution in [-0.2, 0) is 0 Å². The van der Waals surface area contributed by atoms with Crippen molar-refractivity contribution in [1.29, 1.82) is 0 Å². The highest BCUT2D eigenvalue weighted by atomic mass is 16.5. The highest BCUT2D eigenvalue weighted by Crippen LogP contribution is 2.34. The van der Waals surface area contributed by atoms with Crippen LogP contribution in [0.25, 0.3) is 0 Å². The molecule has 0 spiro atoms. The molecule has 0 bridgehead atoms. The second-order valence-electron chi connectivity index (χ2n) is 5.28. The summed E-state index contributed by atoms with van der Waals surface area (Å²) < 4.78 is 10.5. The monoisotopic (exact) mass is 367 g/mol. The molecule has 0 radical (unpaired) electrons. The van der Waals surface area contributed by atoms with Crippen LogP contribution in [0.2, 0.25) is 0 Å². The standard InChI is InChI=1S/C20H21N3O4/c1-21-19(24)15-10-5-4-8-14(15)9-7-13-22-20(25)23-16-11-6-12-17(26-2)18(16)27-3/h4-6,8,10-12H,13H2,1-3H3,(H,21,24)(H2,22,23,25). The number of hydrogen-bond donors (Lipinski definition) is 3. The van der Waals surface area contributed by atoms with Crippen LogP contribution in [-0.4, -0.2) is 39.8 Å². The molecule has 140 valence electrons. The number of carbonyl (C=O) groups is 2. The Hall–Kier alpha value is -3.66. The maximum atomic E-state index is 12.1. The summed E-state index contributed by atoms with van der Waals surface area (Å²) in [5.74, 6) is 6.46. The molecule has 2 rings (SSSR count). The van der Waals surface area contributed by atoms with Gasteiger partial charge in [0.05, 0.1) is 32.0 Å². The van der Waals surface area contributed by atoms with Crippen LogP contribution in [0.15, 0.2) is 42.5 Å². The van der Waals surface area contributed by atoms with E-state index in [9.17, 15) is 9.59 Å². The topological polar surface area (TPSA) is 88.7 Å². The lowest BCUT2D eigenvalue weighted by Crippen LogP contribution is -2.29. The van der Waals surface area contributed by atoms with Gasteiger partial charge in [-0.1, -0.05) is 30.0 Å². The van der Waals surface area contributed by atoms with Crippen molar-refractivity contribution in [1.82, 2.24) is 10.6 Å². The number of amides is 3. The zero-order chi connectivity index (χ0) is 19.6. The first-order valence-electron chi connectivity index (χ1n) is 8.16. The number of nitrogens with one attached hydrogen (secondary N) is 3. The second-order valence-corrected chi connectivity index (χ2v) is 5.28. The van der Waals surface area contributed by atoms with Gasteiger partial charge in [-0.15, -0.1) is 0 Å². The molecule has 7 heteroatoms. The van der Waals surface area contributed by atoms with Crippen molar-refractivity contribution in [3.05, 3.63) is 53.6 Å². The molecular weight excluding hydrogens is 346 g/mol. The number of ether oxygens (including phenoxy) is 2. The van der Waals surface area contributed by atoms with Crippen molar-refractivity contribution in [2.24, 2.45) is 0 Å². The van der Waals surface area contributed by atoms with Crippen LogP contribution < -0.4 is 25.4 Å². The normalized spacial score (nSPS) is 9.44. The summed E-state index contributed by atoms with van der Waals surface area (Å²) in [5, 5.41) is 7.89. The van der Waals surface area contributed by atoms with Crippen molar-refractivity contribution < 1.29 is 19.1 Å². The van der Waals surface area contributed by atoms with Crippen LogP contribution >= 0.6 is 0 Å². The van der Waals surface area contributed by atoms with E-state index in [0.717, 1.165) is 0 Å². The van der Waals surface area contributed by atoms with Gasteiger partial charge in [0.2, 0.25) is 0 Å². The van der Waals surface area contributed by atoms with Gasteiger partial charge in [0, 0.05) is 12.6 Å². The fraction of sp³-hybridized carbons (Fsp3) is 0.200. The molecule has 2 aromatic carbocycles. The second kappa shape index (κ2) is 9.73. The lowest BCUT2D eigenvalue weighted by molar-refractivity contribution is 0.0963. The molecule has 0 heterocycles. The largest absolute Gasteiger partial charge is 0.493 e. The minimum atomic E-state index is -0.435. The maximum absolute atomic E-state index is 12.1. The first kappa shape index (κ1) is 19.7. The molecular formula is C20H21N3O4. The molecule has 0 saturated heterocycles. The minimum Gasteiger partial charge on any atom is -0.493 e. The number of rotatable bonds is 5. The number of hydrogen-bond acceptors (Lipinski definition) is 4. The predicted molar refractivity (Wildman–Crippen MR) is 103 cm³/mol. The number of urea groups is 1. The summed E-state index contributed by atoms with van der Waals surface area (Å²) in [6, 6.07) is 11.7. The zero-order valence-electron chi connectivity index (χ0n) is 15.4. The van der Waals surface area contributed by atoms with Crippen molar-refractivity contribution in [2.75, 3.05) is 33.1 Å². The fourth-order valence-corrected chi connectivity index (χ4v) is 2.34. The maximum Gasteiger partial charge on any atom is 0.320 e. The average Bonchev–Trinajstić information content (AvgIpc) is 2.70. The molecule has 0 unspecified atom stereocenters. The molecule has 0 aliphatic rings. The third kappa shape index (κ3) is 5.16. The molecule has 0 aliphatic carbocycles. The van der Waals surface area contributed by atoms with E-state index >= 15 is 0 Å². The van der Waals surface area contributed by atoms with Crippen LogP contribution in [0.3, 0.4) is 0 Å². The summed E-state index contributed by atoms with van der Waals surface area (Å²) in [7, 11) is 4.58. The molecule has 27 heavy (non-hydrogen) atoms. The Labute approximate surface area is 158 Å². The van der Waals surface area contributed by atoms with E-state index in [1.807, 2.05) is 0 Å². The van der Waals surface area contributed by atoms with Crippen molar-refractivity contribution in [3.63, 3.8) is 0 Å². The van der Waals surface area contributed by atoms with Crippen molar-refractivity contribution in [3.8, 4) is 23.3 Å². The first-order valence-corrected chi connectivity index (χ1v) is 8.16. The van der Waals surface area contributed by atoms with Gasteiger partial charge < -0.3 is 25.4 Å². The number of benzene rings is 2. The lowest BCUT2D eigenvalue weighted by atomic mass is 10.1. The predicted octanol–water partition coefficient (Wildman–Crippen LogP) is 2.24. The average molecular weight is 367 g/mol. The molecule has 0 aliphatic heterocycles. The van der Waals surface area contributed by atoms with Gasteiger partial charge in [0.1, 0.15) is 0 Å². The van der Waals surface area contributed by atoms with Crippen LogP contribution in [0.4, 0.5) is 10.5 Å². The quantitative estimate of drug-likeness (QED) is 0.707. The lowest BCUT2D eigenvalue weighted by Gasteiger charge is -2.13.